The van der Waals surface area contributed by atoms with Crippen molar-refractivity contribution in [3.63, 3.8) is 0 Å². The Bertz CT molecular complexity index is 1110. The van der Waals surface area contributed by atoms with E-state index in [-0.39, 0.29) is 0 Å². The number of nitrogens with zero attached hydrogens (tertiary/aromatic N) is 2. The van der Waals surface area contributed by atoms with E-state index >= 15 is 0 Å². The second-order valence-corrected chi connectivity index (χ2v) is 6.46. The predicted octanol–water partition coefficient (Wildman–Crippen LogP) is 4.62. The number of benzene rings is 2. The van der Waals surface area contributed by atoms with E-state index in [0.717, 1.165) is 34.7 Å². The maximum Gasteiger partial charge on any atom is 0.250 e. The van der Waals surface area contributed by atoms with Gasteiger partial charge in [-0.1, -0.05) is 24.3 Å². The molecule has 5 heteroatoms. The first kappa shape index (κ1) is 15.0. The van der Waals surface area contributed by atoms with E-state index < -0.39 is 0 Å². The molecule has 2 aromatic heterocycles. The lowest BCUT2D eigenvalue weighted by Crippen LogP contribution is -1.88. The van der Waals surface area contributed by atoms with Gasteiger partial charge in [0.2, 0.25) is 11.8 Å². The Morgan fingerprint density at radius 2 is 1.85 bits per heavy atom. The number of rotatable bonds is 3. The van der Waals surface area contributed by atoms with Gasteiger partial charge in [-0.3, -0.25) is 0 Å². The SMILES string of the molecule is COc1ccc2c(c1)-c1[nH]c(C)c(-c3nnc(-c4ccccc4)o3)c1C2. The molecule has 1 aliphatic carbocycles. The molecule has 0 unspecified atom stereocenters. The maximum absolute atomic E-state index is 6.00. The molecular formula is C21H17N3O2. The van der Waals surface area contributed by atoms with Gasteiger partial charge in [-0.2, -0.15) is 0 Å². The average molecular weight is 343 g/mol. The molecular weight excluding hydrogens is 326 g/mol. The van der Waals surface area contributed by atoms with Crippen LogP contribution in [0.15, 0.2) is 52.9 Å². The van der Waals surface area contributed by atoms with Crippen molar-refractivity contribution in [2.24, 2.45) is 0 Å². The molecule has 2 aromatic carbocycles. The van der Waals surface area contributed by atoms with Crippen LogP contribution in [0.5, 0.6) is 5.75 Å². The van der Waals surface area contributed by atoms with Crippen molar-refractivity contribution in [2.75, 3.05) is 7.11 Å². The number of fused-ring (bicyclic) bond motifs is 3. The Labute approximate surface area is 150 Å². The van der Waals surface area contributed by atoms with Gasteiger partial charge in [-0.15, -0.1) is 10.2 Å². The van der Waals surface area contributed by atoms with Crippen LogP contribution in [0.1, 0.15) is 16.8 Å². The monoisotopic (exact) mass is 343 g/mol. The Morgan fingerprint density at radius 3 is 2.65 bits per heavy atom. The molecule has 5 rings (SSSR count). The van der Waals surface area contributed by atoms with Gasteiger partial charge < -0.3 is 14.1 Å². The highest BCUT2D eigenvalue weighted by Crippen LogP contribution is 2.44. The van der Waals surface area contributed by atoms with Crippen LogP contribution in [0.2, 0.25) is 0 Å². The first-order valence-corrected chi connectivity index (χ1v) is 8.52. The number of aryl methyl sites for hydroxylation is 1. The summed E-state index contributed by atoms with van der Waals surface area (Å²) in [4.78, 5) is 3.50. The van der Waals surface area contributed by atoms with Crippen molar-refractivity contribution in [2.45, 2.75) is 13.3 Å². The van der Waals surface area contributed by atoms with Gasteiger partial charge in [0.15, 0.2) is 0 Å². The van der Waals surface area contributed by atoms with E-state index in [1.165, 1.54) is 16.7 Å². The molecule has 128 valence electrons. The Morgan fingerprint density at radius 1 is 1.04 bits per heavy atom. The van der Waals surface area contributed by atoms with Crippen LogP contribution in [-0.2, 0) is 6.42 Å². The molecule has 0 bridgehead atoms. The molecule has 1 N–H and O–H groups in total. The van der Waals surface area contributed by atoms with Gasteiger partial charge in [0, 0.05) is 23.2 Å². The Hall–Kier alpha value is -3.34. The van der Waals surface area contributed by atoms with Crippen molar-refractivity contribution in [1.29, 1.82) is 0 Å². The van der Waals surface area contributed by atoms with Gasteiger partial charge in [0.1, 0.15) is 5.75 Å². The van der Waals surface area contributed by atoms with E-state index in [1.807, 2.05) is 43.3 Å². The van der Waals surface area contributed by atoms with Gasteiger partial charge in [-0.25, -0.2) is 0 Å². The zero-order chi connectivity index (χ0) is 17.7. The number of hydrogen-bond donors (Lipinski definition) is 1. The first-order valence-electron chi connectivity index (χ1n) is 8.52. The fraction of sp³-hybridized carbons (Fsp3) is 0.143. The predicted molar refractivity (Wildman–Crippen MR) is 99.1 cm³/mol. The summed E-state index contributed by atoms with van der Waals surface area (Å²) in [6, 6.07) is 16.0. The van der Waals surface area contributed by atoms with Crippen LogP contribution < -0.4 is 4.74 Å². The zero-order valence-electron chi connectivity index (χ0n) is 14.5. The first-order chi connectivity index (χ1) is 12.7. The van der Waals surface area contributed by atoms with Crippen molar-refractivity contribution in [3.8, 4) is 39.9 Å². The molecule has 4 aromatic rings. The highest BCUT2D eigenvalue weighted by Gasteiger charge is 2.28. The normalized spacial score (nSPS) is 12.1. The van der Waals surface area contributed by atoms with Crippen LogP contribution in [0.3, 0.4) is 0 Å². The molecule has 0 radical (unpaired) electrons. The van der Waals surface area contributed by atoms with E-state index in [9.17, 15) is 0 Å². The van der Waals surface area contributed by atoms with Crippen LogP contribution in [-0.4, -0.2) is 22.3 Å². The molecule has 0 atom stereocenters. The Balaban J connectivity index is 1.60. The number of H-pyrrole nitrogens is 1. The molecule has 0 saturated carbocycles. The molecule has 0 saturated heterocycles. The van der Waals surface area contributed by atoms with Gasteiger partial charge in [0.05, 0.1) is 18.4 Å². The van der Waals surface area contributed by atoms with Crippen molar-refractivity contribution >= 4 is 0 Å². The second-order valence-electron chi connectivity index (χ2n) is 6.46. The topological polar surface area (TPSA) is 63.9 Å². The van der Waals surface area contributed by atoms with Crippen LogP contribution in [0.25, 0.3) is 34.2 Å². The molecule has 26 heavy (non-hydrogen) atoms. The Kier molecular flexibility index (Phi) is 3.22. The lowest BCUT2D eigenvalue weighted by atomic mass is 10.1. The fourth-order valence-electron chi connectivity index (χ4n) is 3.65. The van der Waals surface area contributed by atoms with Crippen molar-refractivity contribution in [3.05, 3.63) is 65.4 Å². The number of methoxy groups -OCH3 is 1. The third-order valence-electron chi connectivity index (χ3n) is 4.90. The molecule has 2 heterocycles. The number of aromatic amines is 1. The number of nitrogens with one attached hydrogen (secondary N) is 1. The van der Waals surface area contributed by atoms with Crippen LogP contribution in [0.4, 0.5) is 0 Å². The zero-order valence-corrected chi connectivity index (χ0v) is 14.5. The van der Waals surface area contributed by atoms with Crippen molar-refractivity contribution in [1.82, 2.24) is 15.2 Å². The number of ether oxygens (including phenoxy) is 1. The molecule has 5 nitrogen and oxygen atoms in total. The average Bonchev–Trinajstić information content (AvgIpc) is 3.35. The minimum Gasteiger partial charge on any atom is -0.497 e. The lowest BCUT2D eigenvalue weighted by molar-refractivity contribution is 0.415. The highest BCUT2D eigenvalue weighted by atomic mass is 16.5. The molecule has 0 aliphatic heterocycles. The quantitative estimate of drug-likeness (QED) is 0.519. The third-order valence-corrected chi connectivity index (χ3v) is 4.90. The largest absolute Gasteiger partial charge is 0.497 e. The van der Waals surface area contributed by atoms with Gasteiger partial charge in [-0.05, 0) is 42.3 Å². The third kappa shape index (κ3) is 2.17. The summed E-state index contributed by atoms with van der Waals surface area (Å²) in [7, 11) is 1.69. The molecule has 0 amide bonds. The second kappa shape index (κ2) is 5.59. The molecule has 1 aliphatic rings. The van der Waals surface area contributed by atoms with E-state index in [0.29, 0.717) is 11.8 Å². The van der Waals surface area contributed by atoms with Crippen LogP contribution >= 0.6 is 0 Å². The summed E-state index contributed by atoms with van der Waals surface area (Å²) >= 11 is 0. The van der Waals surface area contributed by atoms with E-state index in [1.54, 1.807) is 7.11 Å². The van der Waals surface area contributed by atoms with Crippen molar-refractivity contribution < 1.29 is 9.15 Å². The summed E-state index contributed by atoms with van der Waals surface area (Å²) in [5.74, 6) is 1.94. The van der Waals surface area contributed by atoms with E-state index in [2.05, 4.69) is 27.3 Å². The minimum atomic E-state index is 0.534. The smallest absolute Gasteiger partial charge is 0.250 e. The minimum absolute atomic E-state index is 0.534. The summed E-state index contributed by atoms with van der Waals surface area (Å²) < 4.78 is 11.4. The van der Waals surface area contributed by atoms with Gasteiger partial charge >= 0.3 is 0 Å². The number of aromatic nitrogens is 3. The van der Waals surface area contributed by atoms with Gasteiger partial charge in [0.25, 0.3) is 0 Å². The fourth-order valence-corrected chi connectivity index (χ4v) is 3.65. The van der Waals surface area contributed by atoms with Crippen LogP contribution in [0, 0.1) is 6.92 Å². The molecule has 0 fully saturated rings. The summed E-state index contributed by atoms with van der Waals surface area (Å²) in [5.41, 5.74) is 7.73. The number of hydrogen-bond acceptors (Lipinski definition) is 4. The summed E-state index contributed by atoms with van der Waals surface area (Å²) in [6.07, 6.45) is 0.845. The lowest BCUT2D eigenvalue weighted by Gasteiger charge is -2.04. The standard InChI is InChI=1S/C21H17N3O2/c1-12-18(21-24-23-20(26-21)13-6-4-3-5-7-13)17-10-14-8-9-15(25-2)11-16(14)19(17)22-12/h3-9,11,22H,10H2,1-2H3. The highest BCUT2D eigenvalue weighted by molar-refractivity contribution is 5.83. The summed E-state index contributed by atoms with van der Waals surface area (Å²) in [6.45, 7) is 2.04. The summed E-state index contributed by atoms with van der Waals surface area (Å²) in [5, 5.41) is 8.54. The maximum atomic E-state index is 6.00. The van der Waals surface area contributed by atoms with E-state index in [4.69, 9.17) is 9.15 Å². The molecule has 0 spiro atoms.